The fraction of sp³-hybridized carbons (Fsp3) is 0.846. The molecule has 2 atom stereocenters. The van der Waals surface area contributed by atoms with Crippen LogP contribution in [-0.4, -0.2) is 68.4 Å². The second-order valence-electron chi connectivity index (χ2n) is 5.10. The Labute approximate surface area is 124 Å². The SMILES string of the molecule is CCC1SCC(C(=O)O)N1C(=O)N(CCCO)C(C)C. The molecule has 0 radical (unpaired) electrons. The lowest BCUT2D eigenvalue weighted by molar-refractivity contribution is -0.141. The summed E-state index contributed by atoms with van der Waals surface area (Å²) in [7, 11) is 0. The largest absolute Gasteiger partial charge is 0.480 e. The number of aliphatic carboxylic acids is 1. The maximum Gasteiger partial charge on any atom is 0.327 e. The summed E-state index contributed by atoms with van der Waals surface area (Å²) in [6.07, 6.45) is 1.23. The Morgan fingerprint density at radius 2 is 2.10 bits per heavy atom. The molecular weight excluding hydrogens is 280 g/mol. The van der Waals surface area contributed by atoms with Gasteiger partial charge in [0.05, 0.1) is 5.37 Å². The van der Waals surface area contributed by atoms with Crippen LogP contribution in [0.2, 0.25) is 0 Å². The predicted octanol–water partition coefficient (Wildman–Crippen LogP) is 1.44. The van der Waals surface area contributed by atoms with Gasteiger partial charge in [-0.15, -0.1) is 11.8 Å². The summed E-state index contributed by atoms with van der Waals surface area (Å²) in [4.78, 5) is 27.1. The Bertz CT molecular complexity index is 351. The van der Waals surface area contributed by atoms with Crippen molar-refractivity contribution in [1.82, 2.24) is 9.80 Å². The zero-order valence-corrected chi connectivity index (χ0v) is 13.1. The summed E-state index contributed by atoms with van der Waals surface area (Å²) in [6, 6.07) is -1.02. The van der Waals surface area contributed by atoms with Gasteiger partial charge >= 0.3 is 12.0 Å². The Balaban J connectivity index is 2.90. The number of amides is 2. The van der Waals surface area contributed by atoms with Crippen LogP contribution in [0.4, 0.5) is 4.79 Å². The van der Waals surface area contributed by atoms with E-state index in [1.54, 1.807) is 4.90 Å². The molecule has 0 aromatic heterocycles. The van der Waals surface area contributed by atoms with Gasteiger partial charge in [0, 0.05) is 24.9 Å². The number of urea groups is 1. The molecule has 0 spiro atoms. The Morgan fingerprint density at radius 3 is 2.55 bits per heavy atom. The zero-order valence-electron chi connectivity index (χ0n) is 12.3. The van der Waals surface area contributed by atoms with Crippen molar-refractivity contribution in [3.63, 3.8) is 0 Å². The third-order valence-electron chi connectivity index (χ3n) is 3.37. The van der Waals surface area contributed by atoms with Crippen molar-refractivity contribution in [2.75, 3.05) is 18.9 Å². The molecule has 2 N–H and O–H groups in total. The van der Waals surface area contributed by atoms with Crippen LogP contribution in [0.15, 0.2) is 0 Å². The smallest absolute Gasteiger partial charge is 0.327 e. The Hall–Kier alpha value is -0.950. The molecule has 20 heavy (non-hydrogen) atoms. The summed E-state index contributed by atoms with van der Waals surface area (Å²) >= 11 is 1.52. The van der Waals surface area contributed by atoms with Crippen LogP contribution in [0.1, 0.15) is 33.6 Å². The minimum absolute atomic E-state index is 0.0187. The highest BCUT2D eigenvalue weighted by atomic mass is 32.2. The number of aliphatic hydroxyl groups excluding tert-OH is 1. The Kier molecular flexibility index (Phi) is 6.61. The predicted molar refractivity (Wildman–Crippen MR) is 78.7 cm³/mol. The second kappa shape index (κ2) is 7.73. The van der Waals surface area contributed by atoms with Gasteiger partial charge in [0.2, 0.25) is 0 Å². The number of carbonyl (C=O) groups is 2. The number of hydrogen-bond donors (Lipinski definition) is 2. The van der Waals surface area contributed by atoms with E-state index >= 15 is 0 Å². The molecule has 6 nitrogen and oxygen atoms in total. The van der Waals surface area contributed by atoms with Crippen molar-refractivity contribution < 1.29 is 19.8 Å². The van der Waals surface area contributed by atoms with Gasteiger partial charge in [-0.1, -0.05) is 6.92 Å². The third kappa shape index (κ3) is 3.79. The van der Waals surface area contributed by atoms with Crippen LogP contribution < -0.4 is 0 Å². The molecule has 2 amide bonds. The molecule has 0 bridgehead atoms. The maximum absolute atomic E-state index is 12.7. The van der Waals surface area contributed by atoms with E-state index in [0.29, 0.717) is 18.7 Å². The fourth-order valence-electron chi connectivity index (χ4n) is 2.29. The van der Waals surface area contributed by atoms with Gasteiger partial charge in [0.1, 0.15) is 6.04 Å². The molecule has 1 aliphatic heterocycles. The fourth-order valence-corrected chi connectivity index (χ4v) is 3.63. The highest BCUT2D eigenvalue weighted by Gasteiger charge is 2.42. The van der Waals surface area contributed by atoms with E-state index < -0.39 is 12.0 Å². The van der Waals surface area contributed by atoms with Crippen molar-refractivity contribution in [2.24, 2.45) is 0 Å². The van der Waals surface area contributed by atoms with Crippen molar-refractivity contribution in [3.05, 3.63) is 0 Å². The summed E-state index contributed by atoms with van der Waals surface area (Å²) in [5.41, 5.74) is 0. The molecule has 116 valence electrons. The van der Waals surface area contributed by atoms with E-state index in [9.17, 15) is 14.7 Å². The number of carboxylic acids is 1. The van der Waals surface area contributed by atoms with Crippen LogP contribution >= 0.6 is 11.8 Å². The lowest BCUT2D eigenvalue weighted by atomic mass is 10.2. The first-order valence-corrected chi connectivity index (χ1v) is 8.03. The van der Waals surface area contributed by atoms with Gasteiger partial charge < -0.3 is 15.1 Å². The summed E-state index contributed by atoms with van der Waals surface area (Å²) < 4.78 is 0. The average Bonchev–Trinajstić information content (AvgIpc) is 2.82. The molecule has 0 saturated carbocycles. The highest BCUT2D eigenvalue weighted by Crippen LogP contribution is 2.32. The number of hydrogen-bond acceptors (Lipinski definition) is 4. The number of nitrogens with zero attached hydrogens (tertiary/aromatic N) is 2. The van der Waals surface area contributed by atoms with E-state index in [2.05, 4.69) is 0 Å². The quantitative estimate of drug-likeness (QED) is 0.776. The molecule has 1 aliphatic rings. The number of carboxylic acid groups (broad SMARTS) is 1. The van der Waals surface area contributed by atoms with Gasteiger partial charge in [0.25, 0.3) is 0 Å². The van der Waals surface area contributed by atoms with Crippen LogP contribution in [0, 0.1) is 0 Å². The lowest BCUT2D eigenvalue weighted by Gasteiger charge is -2.35. The molecule has 2 unspecified atom stereocenters. The Morgan fingerprint density at radius 1 is 1.45 bits per heavy atom. The van der Waals surface area contributed by atoms with E-state index in [4.69, 9.17) is 5.11 Å². The lowest BCUT2D eigenvalue weighted by Crippen LogP contribution is -2.53. The van der Waals surface area contributed by atoms with E-state index in [1.807, 2.05) is 20.8 Å². The van der Waals surface area contributed by atoms with Crippen molar-refractivity contribution in [3.8, 4) is 0 Å². The number of aliphatic hydroxyl groups is 1. The summed E-state index contributed by atoms with van der Waals surface area (Å²) in [5, 5.41) is 18.1. The highest BCUT2D eigenvalue weighted by molar-refractivity contribution is 8.00. The summed E-state index contributed by atoms with van der Waals surface area (Å²) in [5.74, 6) is -0.515. The van der Waals surface area contributed by atoms with Crippen LogP contribution in [0.3, 0.4) is 0 Å². The number of carbonyl (C=O) groups excluding carboxylic acids is 1. The molecule has 1 rings (SSSR count). The van der Waals surface area contributed by atoms with Crippen LogP contribution in [0.5, 0.6) is 0 Å². The van der Waals surface area contributed by atoms with Gasteiger partial charge in [-0.3, -0.25) is 4.90 Å². The van der Waals surface area contributed by atoms with Crippen LogP contribution in [0.25, 0.3) is 0 Å². The van der Waals surface area contributed by atoms with Gasteiger partial charge in [-0.05, 0) is 26.7 Å². The zero-order chi connectivity index (χ0) is 15.3. The molecule has 1 saturated heterocycles. The number of rotatable bonds is 6. The molecule has 0 aromatic rings. The minimum Gasteiger partial charge on any atom is -0.480 e. The molecule has 1 fully saturated rings. The average molecular weight is 304 g/mol. The van der Waals surface area contributed by atoms with E-state index in [0.717, 1.165) is 6.42 Å². The van der Waals surface area contributed by atoms with Gasteiger partial charge in [-0.2, -0.15) is 0 Å². The number of thioether (sulfide) groups is 1. The molecular formula is C13H24N2O4S. The van der Waals surface area contributed by atoms with E-state index in [-0.39, 0.29) is 24.1 Å². The van der Waals surface area contributed by atoms with Crippen molar-refractivity contribution in [2.45, 2.75) is 51.1 Å². The van der Waals surface area contributed by atoms with Crippen molar-refractivity contribution >= 4 is 23.8 Å². The van der Waals surface area contributed by atoms with Crippen LogP contribution in [-0.2, 0) is 4.79 Å². The first-order valence-electron chi connectivity index (χ1n) is 6.98. The molecule has 0 aromatic carbocycles. The van der Waals surface area contributed by atoms with Gasteiger partial charge in [-0.25, -0.2) is 9.59 Å². The normalized spacial score (nSPS) is 22.4. The molecule has 7 heteroatoms. The van der Waals surface area contributed by atoms with E-state index in [1.165, 1.54) is 16.7 Å². The minimum atomic E-state index is -0.951. The second-order valence-corrected chi connectivity index (χ2v) is 6.32. The molecule has 1 heterocycles. The maximum atomic E-state index is 12.7. The first kappa shape index (κ1) is 17.1. The third-order valence-corrected chi connectivity index (χ3v) is 4.83. The molecule has 0 aliphatic carbocycles. The monoisotopic (exact) mass is 304 g/mol. The standard InChI is InChI=1S/C13H24N2O4S/c1-4-11-15(10(8-20-11)12(17)18)13(19)14(9(2)3)6-5-7-16/h9-11,16H,4-8H2,1-3H3,(H,17,18). The van der Waals surface area contributed by atoms with Crippen molar-refractivity contribution in [1.29, 1.82) is 0 Å². The summed E-state index contributed by atoms with van der Waals surface area (Å²) in [6.45, 7) is 6.21. The topological polar surface area (TPSA) is 81.1 Å². The first-order chi connectivity index (χ1) is 9.43. The van der Waals surface area contributed by atoms with Gasteiger partial charge in [0.15, 0.2) is 0 Å².